The SMILES string of the molecule is O=C(O)CCC1OCCS1. The fraction of sp³-hybridized carbons (Fsp3) is 0.833. The van der Waals surface area contributed by atoms with Gasteiger partial charge in [0.15, 0.2) is 0 Å². The van der Waals surface area contributed by atoms with E-state index in [-0.39, 0.29) is 11.9 Å². The fourth-order valence-electron chi connectivity index (χ4n) is 0.815. The fourth-order valence-corrected chi connectivity index (χ4v) is 1.75. The van der Waals surface area contributed by atoms with Crippen LogP contribution in [0, 0.1) is 0 Å². The number of hydrogen-bond donors (Lipinski definition) is 1. The summed E-state index contributed by atoms with van der Waals surface area (Å²) in [7, 11) is 0. The molecule has 1 unspecified atom stereocenters. The Morgan fingerprint density at radius 1 is 1.80 bits per heavy atom. The number of carbonyl (C=O) groups is 1. The summed E-state index contributed by atoms with van der Waals surface area (Å²) in [6.45, 7) is 0.773. The number of ether oxygens (including phenoxy) is 1. The minimum absolute atomic E-state index is 0.135. The van der Waals surface area contributed by atoms with E-state index in [4.69, 9.17) is 9.84 Å². The van der Waals surface area contributed by atoms with Crippen LogP contribution >= 0.6 is 11.8 Å². The number of thioether (sulfide) groups is 1. The second-order valence-corrected chi connectivity index (χ2v) is 3.37. The molecule has 0 aromatic heterocycles. The molecule has 0 aliphatic carbocycles. The van der Waals surface area contributed by atoms with Crippen molar-refractivity contribution in [3.05, 3.63) is 0 Å². The van der Waals surface area contributed by atoms with E-state index in [2.05, 4.69) is 0 Å². The van der Waals surface area contributed by atoms with Crippen molar-refractivity contribution in [2.75, 3.05) is 12.4 Å². The largest absolute Gasteiger partial charge is 0.481 e. The highest BCUT2D eigenvalue weighted by atomic mass is 32.2. The smallest absolute Gasteiger partial charge is 0.303 e. The summed E-state index contributed by atoms with van der Waals surface area (Å²) in [5.74, 6) is 0.265. The summed E-state index contributed by atoms with van der Waals surface area (Å²) in [4.78, 5) is 10.1. The van der Waals surface area contributed by atoms with Gasteiger partial charge in [0.1, 0.15) is 5.44 Å². The minimum atomic E-state index is -0.740. The molecule has 3 nitrogen and oxygen atoms in total. The summed E-state index contributed by atoms with van der Waals surface area (Å²) in [6, 6.07) is 0. The molecule has 0 spiro atoms. The molecule has 0 saturated carbocycles. The number of aliphatic carboxylic acids is 1. The van der Waals surface area contributed by atoms with Crippen LogP contribution in [0.2, 0.25) is 0 Å². The van der Waals surface area contributed by atoms with Crippen LogP contribution in [-0.2, 0) is 9.53 Å². The first-order chi connectivity index (χ1) is 4.79. The first-order valence-corrected chi connectivity index (χ1v) is 4.29. The van der Waals surface area contributed by atoms with E-state index in [0.717, 1.165) is 12.4 Å². The van der Waals surface area contributed by atoms with Crippen LogP contribution in [0.3, 0.4) is 0 Å². The minimum Gasteiger partial charge on any atom is -0.481 e. The quantitative estimate of drug-likeness (QED) is 0.671. The highest BCUT2D eigenvalue weighted by molar-refractivity contribution is 7.99. The third-order valence-corrected chi connectivity index (χ3v) is 2.43. The lowest BCUT2D eigenvalue weighted by molar-refractivity contribution is -0.137. The van der Waals surface area contributed by atoms with Gasteiger partial charge in [-0.3, -0.25) is 4.79 Å². The molecule has 1 atom stereocenters. The standard InChI is InChI=1S/C6H10O3S/c7-5(8)1-2-6-9-3-4-10-6/h6H,1-4H2,(H,7,8). The maximum atomic E-state index is 10.1. The zero-order chi connectivity index (χ0) is 7.40. The monoisotopic (exact) mass is 162 g/mol. The lowest BCUT2D eigenvalue weighted by Crippen LogP contribution is -2.04. The van der Waals surface area contributed by atoms with Crippen LogP contribution in [0.4, 0.5) is 0 Å². The Hall–Kier alpha value is -0.220. The van der Waals surface area contributed by atoms with Crippen LogP contribution < -0.4 is 0 Å². The Morgan fingerprint density at radius 2 is 2.60 bits per heavy atom. The first-order valence-electron chi connectivity index (χ1n) is 3.24. The lowest BCUT2D eigenvalue weighted by Gasteiger charge is -2.04. The van der Waals surface area contributed by atoms with Crippen molar-refractivity contribution in [1.82, 2.24) is 0 Å². The third-order valence-electron chi connectivity index (χ3n) is 1.28. The van der Waals surface area contributed by atoms with Crippen LogP contribution in [0.5, 0.6) is 0 Å². The molecule has 0 aromatic rings. The van der Waals surface area contributed by atoms with Crippen molar-refractivity contribution in [1.29, 1.82) is 0 Å². The highest BCUT2D eigenvalue weighted by Gasteiger charge is 2.16. The molecule has 1 N–H and O–H groups in total. The Bertz CT molecular complexity index is 120. The van der Waals surface area contributed by atoms with Gasteiger partial charge in [0, 0.05) is 12.2 Å². The van der Waals surface area contributed by atoms with E-state index in [0.29, 0.717) is 6.42 Å². The predicted molar refractivity (Wildman–Crippen MR) is 39.1 cm³/mol. The molecule has 1 aliphatic heterocycles. The number of carboxylic acids is 1. The van der Waals surface area contributed by atoms with Gasteiger partial charge in [-0.2, -0.15) is 0 Å². The summed E-state index contributed by atoms with van der Waals surface area (Å²) >= 11 is 1.70. The molecule has 10 heavy (non-hydrogen) atoms. The predicted octanol–water partition coefficient (Wildman–Crippen LogP) is 0.941. The van der Waals surface area contributed by atoms with Gasteiger partial charge in [0.05, 0.1) is 6.61 Å². The average molecular weight is 162 g/mol. The Balaban J connectivity index is 2.07. The molecule has 0 aromatic carbocycles. The van der Waals surface area contributed by atoms with Crippen molar-refractivity contribution >= 4 is 17.7 Å². The summed E-state index contributed by atoms with van der Waals surface area (Å²) in [6.07, 6.45) is 0.859. The molecular weight excluding hydrogens is 152 g/mol. The van der Waals surface area contributed by atoms with Gasteiger partial charge < -0.3 is 9.84 Å². The van der Waals surface area contributed by atoms with Gasteiger partial charge in [0.25, 0.3) is 0 Å². The summed E-state index contributed by atoms with van der Waals surface area (Å²) < 4.78 is 5.20. The van der Waals surface area contributed by atoms with Crippen LogP contribution in [-0.4, -0.2) is 28.9 Å². The van der Waals surface area contributed by atoms with Crippen molar-refractivity contribution in [3.63, 3.8) is 0 Å². The maximum Gasteiger partial charge on any atom is 0.303 e. The topological polar surface area (TPSA) is 46.5 Å². The molecule has 1 rings (SSSR count). The normalized spacial score (nSPS) is 25.0. The zero-order valence-electron chi connectivity index (χ0n) is 5.58. The van der Waals surface area contributed by atoms with Crippen molar-refractivity contribution in [2.24, 2.45) is 0 Å². The second-order valence-electron chi connectivity index (χ2n) is 2.10. The Labute approximate surface area is 63.8 Å². The number of carboxylic acid groups (broad SMARTS) is 1. The van der Waals surface area contributed by atoms with Crippen LogP contribution in [0.25, 0.3) is 0 Å². The second kappa shape index (κ2) is 3.83. The summed E-state index contributed by atoms with van der Waals surface area (Å²) in [5, 5.41) is 8.31. The Morgan fingerprint density at radius 3 is 3.10 bits per heavy atom. The van der Waals surface area contributed by atoms with Crippen molar-refractivity contribution in [2.45, 2.75) is 18.3 Å². The molecule has 0 radical (unpaired) electrons. The van der Waals surface area contributed by atoms with Gasteiger partial charge in [-0.25, -0.2) is 0 Å². The highest BCUT2D eigenvalue weighted by Crippen LogP contribution is 2.23. The van der Waals surface area contributed by atoms with Crippen molar-refractivity contribution in [3.8, 4) is 0 Å². The van der Waals surface area contributed by atoms with E-state index in [1.54, 1.807) is 11.8 Å². The molecule has 0 bridgehead atoms. The maximum absolute atomic E-state index is 10.1. The molecule has 1 aliphatic rings. The molecule has 1 heterocycles. The van der Waals surface area contributed by atoms with Gasteiger partial charge in [-0.05, 0) is 6.42 Å². The molecule has 1 fully saturated rings. The lowest BCUT2D eigenvalue weighted by atomic mass is 10.3. The van der Waals surface area contributed by atoms with Crippen LogP contribution in [0.15, 0.2) is 0 Å². The van der Waals surface area contributed by atoms with Gasteiger partial charge in [-0.1, -0.05) is 0 Å². The van der Waals surface area contributed by atoms with Gasteiger partial charge >= 0.3 is 5.97 Å². The number of hydrogen-bond acceptors (Lipinski definition) is 3. The Kier molecular flexibility index (Phi) is 3.02. The van der Waals surface area contributed by atoms with E-state index in [1.165, 1.54) is 0 Å². The molecule has 58 valence electrons. The summed E-state index contributed by atoms with van der Waals surface area (Å²) in [5.41, 5.74) is 0.135. The van der Waals surface area contributed by atoms with Crippen molar-refractivity contribution < 1.29 is 14.6 Å². The van der Waals surface area contributed by atoms with E-state index < -0.39 is 5.97 Å². The zero-order valence-corrected chi connectivity index (χ0v) is 6.39. The first kappa shape index (κ1) is 7.88. The van der Waals surface area contributed by atoms with Gasteiger partial charge in [-0.15, -0.1) is 11.8 Å². The molecule has 4 heteroatoms. The average Bonchev–Trinajstić information content (AvgIpc) is 2.34. The molecule has 0 amide bonds. The van der Waals surface area contributed by atoms with Gasteiger partial charge in [0.2, 0.25) is 0 Å². The van der Waals surface area contributed by atoms with E-state index in [9.17, 15) is 4.79 Å². The molecular formula is C6H10O3S. The third kappa shape index (κ3) is 2.58. The van der Waals surface area contributed by atoms with E-state index >= 15 is 0 Å². The van der Waals surface area contributed by atoms with Crippen LogP contribution in [0.1, 0.15) is 12.8 Å². The molecule has 1 saturated heterocycles. The van der Waals surface area contributed by atoms with E-state index in [1.807, 2.05) is 0 Å². The number of rotatable bonds is 3.